The average molecular weight is 526 g/mol. The normalized spacial score (nSPS) is 14.6. The number of unbranched alkanes of at least 4 members (excludes halogenated alkanes) is 4. The van der Waals surface area contributed by atoms with Crippen LogP contribution < -0.4 is 9.47 Å². The van der Waals surface area contributed by atoms with E-state index in [1.165, 1.54) is 80.5 Å². The van der Waals surface area contributed by atoms with E-state index in [2.05, 4.69) is 114 Å². The largest absolute Gasteiger partial charge is 0.335 e. The SMILES string of the molecule is CCCCCN1/C(=C/C(=C/c2sc3ccccc3[n+]2CCCCC)c2ccccc2)Sc2ccccc21. The van der Waals surface area contributed by atoms with Crippen LogP contribution in [0.2, 0.25) is 0 Å². The van der Waals surface area contributed by atoms with E-state index in [0.29, 0.717) is 0 Å². The fraction of sp³-hybridized carbons (Fsp3) is 0.303. The molecule has 0 aliphatic carbocycles. The smallest absolute Gasteiger partial charge is 0.263 e. The van der Waals surface area contributed by atoms with Gasteiger partial charge in [-0.2, -0.15) is 4.57 Å². The molecule has 2 heterocycles. The van der Waals surface area contributed by atoms with Gasteiger partial charge in [0.2, 0.25) is 5.52 Å². The third-order valence-electron chi connectivity index (χ3n) is 6.91. The number of hydrogen-bond acceptors (Lipinski definition) is 3. The van der Waals surface area contributed by atoms with E-state index < -0.39 is 0 Å². The number of thioether (sulfide) groups is 1. The van der Waals surface area contributed by atoms with E-state index in [0.717, 1.165) is 13.1 Å². The molecule has 0 saturated heterocycles. The number of aromatic nitrogens is 1. The molecule has 4 aromatic rings. The first-order valence-electron chi connectivity index (χ1n) is 13.7. The quantitative estimate of drug-likeness (QED) is 0.142. The van der Waals surface area contributed by atoms with Crippen LogP contribution in [0.25, 0.3) is 21.9 Å². The van der Waals surface area contributed by atoms with Crippen molar-refractivity contribution in [3.63, 3.8) is 0 Å². The van der Waals surface area contributed by atoms with Gasteiger partial charge in [-0.25, -0.2) is 0 Å². The Kier molecular flexibility index (Phi) is 8.80. The first-order chi connectivity index (χ1) is 18.3. The minimum Gasteiger partial charge on any atom is -0.335 e. The number of hydrogen-bond donors (Lipinski definition) is 0. The number of allylic oxidation sites excluding steroid dienone is 2. The standard InChI is InChI=1S/C33H37N2S2/c1-3-5-14-22-34-28-18-10-12-20-30(28)36-32(34)24-27(26-16-8-7-9-17-26)25-33-35(23-15-6-4-2)29-19-11-13-21-31(29)37-33/h7-13,16-21,24-25H,3-6,14-15,22-23H2,1-2H3/q+1. The molecule has 190 valence electrons. The Morgan fingerprint density at radius 3 is 2.38 bits per heavy atom. The van der Waals surface area contributed by atoms with Crippen LogP contribution in [0, 0.1) is 0 Å². The van der Waals surface area contributed by atoms with Crippen molar-refractivity contribution >= 4 is 50.7 Å². The minimum atomic E-state index is 1.06. The molecular formula is C33H37N2S2+. The van der Waals surface area contributed by atoms with Gasteiger partial charge < -0.3 is 4.90 Å². The number of para-hydroxylation sites is 2. The summed E-state index contributed by atoms with van der Waals surface area (Å²) < 4.78 is 3.89. The monoisotopic (exact) mass is 525 g/mol. The Hall–Kier alpha value is -2.82. The molecule has 0 bridgehead atoms. The highest BCUT2D eigenvalue weighted by Gasteiger charge is 2.25. The third kappa shape index (κ3) is 6.02. The second-order valence-corrected chi connectivity index (χ2v) is 11.8. The first kappa shape index (κ1) is 25.8. The van der Waals surface area contributed by atoms with Crippen molar-refractivity contribution in [1.29, 1.82) is 0 Å². The fourth-order valence-corrected chi connectivity index (χ4v) is 7.21. The van der Waals surface area contributed by atoms with Gasteiger partial charge in [-0.1, -0.05) is 111 Å². The highest BCUT2D eigenvalue weighted by atomic mass is 32.2. The summed E-state index contributed by atoms with van der Waals surface area (Å²) in [5, 5.41) is 2.65. The van der Waals surface area contributed by atoms with E-state index in [4.69, 9.17) is 0 Å². The lowest BCUT2D eigenvalue weighted by atomic mass is 10.1. The van der Waals surface area contributed by atoms with Crippen LogP contribution in [0.4, 0.5) is 5.69 Å². The van der Waals surface area contributed by atoms with Gasteiger partial charge in [0, 0.05) is 30.0 Å². The fourth-order valence-electron chi connectivity index (χ4n) is 4.93. The van der Waals surface area contributed by atoms with Crippen molar-refractivity contribution in [3.8, 4) is 0 Å². The maximum Gasteiger partial charge on any atom is 0.263 e. The van der Waals surface area contributed by atoms with Crippen molar-refractivity contribution in [1.82, 2.24) is 0 Å². The molecule has 1 aliphatic rings. The van der Waals surface area contributed by atoms with Crippen LogP contribution in [0.3, 0.4) is 0 Å². The van der Waals surface area contributed by atoms with Crippen LogP contribution in [0.5, 0.6) is 0 Å². The van der Waals surface area contributed by atoms with Gasteiger partial charge in [0.25, 0.3) is 5.01 Å². The molecule has 0 fully saturated rings. The zero-order valence-corrected chi connectivity index (χ0v) is 23.7. The molecule has 5 rings (SSSR count). The van der Waals surface area contributed by atoms with Crippen molar-refractivity contribution in [2.75, 3.05) is 11.4 Å². The van der Waals surface area contributed by atoms with Crippen LogP contribution in [0.15, 0.2) is 94.9 Å². The Bertz CT molecular complexity index is 1380. The van der Waals surface area contributed by atoms with Crippen molar-refractivity contribution < 1.29 is 4.57 Å². The van der Waals surface area contributed by atoms with Crippen molar-refractivity contribution in [2.24, 2.45) is 0 Å². The molecule has 0 unspecified atom stereocenters. The molecule has 0 radical (unpaired) electrons. The van der Waals surface area contributed by atoms with E-state index in [-0.39, 0.29) is 0 Å². The Morgan fingerprint density at radius 1 is 0.811 bits per heavy atom. The van der Waals surface area contributed by atoms with E-state index in [1.54, 1.807) is 0 Å². The summed E-state index contributed by atoms with van der Waals surface area (Å²) in [7, 11) is 0. The molecule has 1 aromatic heterocycles. The van der Waals surface area contributed by atoms with Gasteiger partial charge in [-0.15, -0.1) is 0 Å². The van der Waals surface area contributed by atoms with Crippen molar-refractivity contribution in [2.45, 2.75) is 63.8 Å². The van der Waals surface area contributed by atoms with Gasteiger partial charge in [0.1, 0.15) is 4.70 Å². The average Bonchev–Trinajstić information content (AvgIpc) is 3.46. The molecule has 0 amide bonds. The highest BCUT2D eigenvalue weighted by molar-refractivity contribution is 8.03. The number of nitrogens with zero attached hydrogens (tertiary/aromatic N) is 2. The number of anilines is 1. The van der Waals surface area contributed by atoms with Gasteiger partial charge in [-0.3, -0.25) is 0 Å². The summed E-state index contributed by atoms with van der Waals surface area (Å²) >= 11 is 3.81. The first-order valence-corrected chi connectivity index (χ1v) is 15.4. The molecule has 3 aromatic carbocycles. The van der Waals surface area contributed by atoms with Gasteiger partial charge in [-0.05, 0) is 48.3 Å². The molecule has 0 saturated carbocycles. The molecule has 1 aliphatic heterocycles. The molecule has 0 N–H and O–H groups in total. The second-order valence-electron chi connectivity index (χ2n) is 9.64. The number of thiazole rings is 1. The van der Waals surface area contributed by atoms with Crippen molar-refractivity contribution in [3.05, 3.63) is 101 Å². The topological polar surface area (TPSA) is 7.12 Å². The lowest BCUT2D eigenvalue weighted by molar-refractivity contribution is -0.669. The Labute approximate surface area is 230 Å². The van der Waals surface area contributed by atoms with Gasteiger partial charge in [0.15, 0.2) is 6.54 Å². The number of rotatable bonds is 11. The zero-order chi connectivity index (χ0) is 25.5. The maximum atomic E-state index is 2.53. The Morgan fingerprint density at radius 2 is 1.54 bits per heavy atom. The highest BCUT2D eigenvalue weighted by Crippen LogP contribution is 2.47. The maximum absolute atomic E-state index is 2.53. The van der Waals surface area contributed by atoms with Crippen LogP contribution in [-0.2, 0) is 6.54 Å². The zero-order valence-electron chi connectivity index (χ0n) is 22.0. The predicted octanol–water partition coefficient (Wildman–Crippen LogP) is 9.56. The molecule has 2 nitrogen and oxygen atoms in total. The number of aryl methyl sites for hydroxylation is 1. The van der Waals surface area contributed by atoms with E-state index in [9.17, 15) is 0 Å². The second kappa shape index (κ2) is 12.6. The summed E-state index contributed by atoms with van der Waals surface area (Å²) in [6.07, 6.45) is 12.3. The molecule has 37 heavy (non-hydrogen) atoms. The summed E-state index contributed by atoms with van der Waals surface area (Å²) in [4.78, 5) is 3.89. The summed E-state index contributed by atoms with van der Waals surface area (Å²) in [6.45, 7) is 6.68. The van der Waals surface area contributed by atoms with E-state index in [1.807, 2.05) is 23.1 Å². The van der Waals surface area contributed by atoms with E-state index >= 15 is 0 Å². The molecule has 0 spiro atoms. The lowest BCUT2D eigenvalue weighted by Gasteiger charge is -2.21. The Balaban J connectivity index is 1.59. The van der Waals surface area contributed by atoms with Gasteiger partial charge >= 0.3 is 0 Å². The van der Waals surface area contributed by atoms with Crippen LogP contribution in [0.1, 0.15) is 62.9 Å². The number of fused-ring (bicyclic) bond motifs is 2. The lowest BCUT2D eigenvalue weighted by Crippen LogP contribution is -2.35. The molecule has 4 heteroatoms. The predicted molar refractivity (Wildman–Crippen MR) is 163 cm³/mol. The third-order valence-corrected chi connectivity index (χ3v) is 9.13. The number of benzene rings is 3. The van der Waals surface area contributed by atoms with Crippen LogP contribution >= 0.6 is 23.1 Å². The summed E-state index contributed by atoms with van der Waals surface area (Å²) in [6, 6.07) is 28.6. The summed E-state index contributed by atoms with van der Waals surface area (Å²) in [5.41, 5.74) is 5.22. The molecular weight excluding hydrogens is 489 g/mol. The van der Waals surface area contributed by atoms with Gasteiger partial charge in [0.05, 0.1) is 10.7 Å². The van der Waals surface area contributed by atoms with Crippen LogP contribution in [-0.4, -0.2) is 6.54 Å². The summed E-state index contributed by atoms with van der Waals surface area (Å²) in [5.74, 6) is 0. The minimum absolute atomic E-state index is 1.06. The molecule has 0 atom stereocenters.